The van der Waals surface area contributed by atoms with Crippen molar-refractivity contribution in [3.8, 4) is 17.6 Å². The Balaban J connectivity index is -0.00000109. The highest BCUT2D eigenvalue weighted by atomic mass is 33.1. The van der Waals surface area contributed by atoms with Crippen LogP contribution in [-0.2, 0) is 47.5 Å². The molecule has 0 spiro atoms. The zero-order valence-electron chi connectivity index (χ0n) is 53.2. The lowest BCUT2D eigenvalue weighted by molar-refractivity contribution is -0.153. The third-order valence-electron chi connectivity index (χ3n) is 9.31. The molecule has 1 atom stereocenters. The number of azide groups is 1. The molecular weight excluding hydrogens is 1130 g/mol. The van der Waals surface area contributed by atoms with Gasteiger partial charge in [0.1, 0.15) is 37.4 Å². The average molecular weight is 1240 g/mol. The fraction of sp³-hybridized carbons (Fsp3) is 0.797. The van der Waals surface area contributed by atoms with Gasteiger partial charge in [-0.2, -0.15) is 0 Å². The lowest BCUT2D eigenvalue weighted by Gasteiger charge is -2.24. The molecule has 19 nitrogen and oxygen atoms in total. The Hall–Kier alpha value is -3.27. The minimum Gasteiger partial charge on any atom is -0.491 e. The molecule has 1 aromatic rings. The zero-order chi connectivity index (χ0) is 62.6. The van der Waals surface area contributed by atoms with Crippen molar-refractivity contribution in [3.63, 3.8) is 0 Å². The number of benzene rings is 1. The van der Waals surface area contributed by atoms with E-state index in [4.69, 9.17) is 48.2 Å². The van der Waals surface area contributed by atoms with Crippen molar-refractivity contribution in [2.75, 3.05) is 83.5 Å². The summed E-state index contributed by atoms with van der Waals surface area (Å²) in [6, 6.07) is 7.79. The summed E-state index contributed by atoms with van der Waals surface area (Å²) in [5, 5.41) is 13.2. The van der Waals surface area contributed by atoms with Crippen LogP contribution in [0.15, 0.2) is 29.4 Å². The topological polar surface area (TPSA) is 236 Å². The molecule has 82 heavy (non-hydrogen) atoms. The normalized spacial score (nSPS) is 11.4. The van der Waals surface area contributed by atoms with E-state index in [1.54, 1.807) is 84.3 Å². The second kappa shape index (κ2) is 55.6. The molecule has 3 N–H and O–H groups in total. The van der Waals surface area contributed by atoms with Crippen molar-refractivity contribution in [2.45, 2.75) is 205 Å². The van der Waals surface area contributed by atoms with E-state index in [2.05, 4.69) is 121 Å². The molecular formula is C59H108N6O13S4. The van der Waals surface area contributed by atoms with Gasteiger partial charge in [0.15, 0.2) is 6.23 Å². The van der Waals surface area contributed by atoms with Crippen LogP contribution >= 0.6 is 43.2 Å². The summed E-state index contributed by atoms with van der Waals surface area (Å²) in [6.07, 6.45) is 3.34. The van der Waals surface area contributed by atoms with Gasteiger partial charge in [-0.25, -0.2) is 9.59 Å². The first-order valence-electron chi connectivity index (χ1n) is 28.8. The lowest BCUT2D eigenvalue weighted by atomic mass is 10.1. The Labute approximate surface area is 511 Å². The van der Waals surface area contributed by atoms with Crippen LogP contribution in [0.4, 0.5) is 4.79 Å². The number of nitrogens with zero attached hydrogens (tertiary/aromatic N) is 3. The first kappa shape index (κ1) is 82.9. The number of carbonyl (C=O) groups is 4. The predicted octanol–water partition coefficient (Wildman–Crippen LogP) is 13.7. The first-order valence-corrected chi connectivity index (χ1v) is 33.6. The van der Waals surface area contributed by atoms with Gasteiger partial charge in [-0.1, -0.05) is 124 Å². The van der Waals surface area contributed by atoms with Crippen LogP contribution in [0.2, 0.25) is 0 Å². The van der Waals surface area contributed by atoms with Crippen LogP contribution in [0, 0.1) is 29.6 Å². The Morgan fingerprint density at radius 2 is 1.33 bits per heavy atom. The third-order valence-corrected chi connectivity index (χ3v) is 14.4. The van der Waals surface area contributed by atoms with Crippen molar-refractivity contribution in [2.24, 2.45) is 22.9 Å². The molecule has 1 unspecified atom stereocenters. The molecule has 0 saturated heterocycles. The summed E-state index contributed by atoms with van der Waals surface area (Å²) < 4.78 is 46.9. The van der Waals surface area contributed by atoms with Crippen molar-refractivity contribution < 1.29 is 61.8 Å². The number of nitrogens with one attached hydrogen (secondary N) is 3. The fourth-order valence-electron chi connectivity index (χ4n) is 5.58. The van der Waals surface area contributed by atoms with E-state index in [0.717, 1.165) is 56.9 Å². The molecule has 0 aromatic heterocycles. The van der Waals surface area contributed by atoms with E-state index < -0.39 is 18.4 Å². The first-order chi connectivity index (χ1) is 38.7. The molecule has 0 aliphatic carbocycles. The number of ether oxygens (including phenoxy) is 9. The fourth-order valence-corrected chi connectivity index (χ4v) is 9.34. The molecule has 1 rings (SSSR count). The number of amides is 1. The summed E-state index contributed by atoms with van der Waals surface area (Å²) in [4.78, 5) is 48.8. The number of carbonyl (C=O) groups excluding carboxylic acids is 4. The lowest BCUT2D eigenvalue weighted by Crippen LogP contribution is -2.35. The minimum absolute atomic E-state index is 0.0163. The van der Waals surface area contributed by atoms with Crippen molar-refractivity contribution >= 4 is 67.2 Å². The second-order valence-electron chi connectivity index (χ2n) is 21.7. The van der Waals surface area contributed by atoms with Gasteiger partial charge in [0.05, 0.1) is 38.1 Å². The van der Waals surface area contributed by atoms with E-state index in [1.807, 2.05) is 24.6 Å². The molecule has 0 heterocycles. The highest BCUT2D eigenvalue weighted by Crippen LogP contribution is 2.35. The van der Waals surface area contributed by atoms with Crippen LogP contribution in [-0.4, -0.2) is 149 Å². The molecule has 23 heteroatoms. The summed E-state index contributed by atoms with van der Waals surface area (Å²) in [6.45, 7) is 40.6. The van der Waals surface area contributed by atoms with Gasteiger partial charge in [-0.05, 0) is 117 Å². The summed E-state index contributed by atoms with van der Waals surface area (Å²) in [5.41, 5.74) is 9.21. The van der Waals surface area contributed by atoms with Crippen molar-refractivity contribution in [1.29, 1.82) is 0 Å². The monoisotopic (exact) mass is 1240 g/mol. The highest BCUT2D eigenvalue weighted by Gasteiger charge is 2.19. The van der Waals surface area contributed by atoms with E-state index in [0.29, 0.717) is 73.3 Å². The van der Waals surface area contributed by atoms with Crippen LogP contribution < -0.4 is 20.7 Å². The number of hydrogen-bond donors (Lipinski definition) is 3. The van der Waals surface area contributed by atoms with Crippen molar-refractivity contribution in [3.05, 3.63) is 40.3 Å². The standard InChI is InChI=1S/C22H34N4O6.C14H29NO4S2.C14H29NO3S2.C9H16/c1-16(2)7-6-10-24-22(28)18-8-5-9-19(13-18)31-14-20(25-26-23)30-12-11-29-15-21(27)32-17(3)4;1-11(2)15-9-14(5,6)21-20-10-17-7-8-18-13(16)19-12(3)4;1-12(2)15-8-10-19-20-11-17-9-6-5-7-14(16)18-13(3)4;1-8(2)6-5-7-9(3)4/h5,8-9,13,16-17,20H,6-7,10-12,14-15H2,1-4H3,(H,24,28);11-12,15H,7-10H2,1-6H3;12-13,15H,5-11H2,1-4H3;8-9H,6H2,1-4H3. The summed E-state index contributed by atoms with van der Waals surface area (Å²) in [7, 11) is 7.02. The zero-order valence-corrected chi connectivity index (χ0v) is 56.5. The van der Waals surface area contributed by atoms with Gasteiger partial charge in [-0.15, -0.1) is 11.8 Å². The van der Waals surface area contributed by atoms with E-state index in [-0.39, 0.29) is 68.0 Å². The van der Waals surface area contributed by atoms with Crippen molar-refractivity contribution in [1.82, 2.24) is 16.0 Å². The van der Waals surface area contributed by atoms with E-state index in [1.165, 1.54) is 0 Å². The second-order valence-corrected chi connectivity index (χ2v) is 27.2. The maximum atomic E-state index is 12.3. The van der Waals surface area contributed by atoms with E-state index in [9.17, 15) is 19.2 Å². The maximum absolute atomic E-state index is 12.3. The van der Waals surface area contributed by atoms with Gasteiger partial charge in [0.2, 0.25) is 0 Å². The largest absolute Gasteiger partial charge is 0.508 e. The SMILES string of the molecule is CC(C)C#CCC(C)C.CC(C)CCCNC(=O)c1cccc(OCC(N=[N+]=[N-])OCCOCC(=O)OC(C)C)c1.CC(C)NCC(C)(C)SSCOCCOC(=O)OC(C)C.CC(C)NCCSSCOCCCCC(=O)OC(C)C. The average Bonchev–Trinajstić information content (AvgIpc) is 3.37. The number of rotatable bonds is 41. The van der Waals surface area contributed by atoms with E-state index >= 15 is 0 Å². The Morgan fingerprint density at radius 1 is 0.695 bits per heavy atom. The van der Waals surface area contributed by atoms with Crippen LogP contribution in [0.1, 0.15) is 174 Å². The number of esters is 2. The quantitative estimate of drug-likeness (QED) is 0.00636. The smallest absolute Gasteiger partial charge is 0.491 e. The van der Waals surface area contributed by atoms with Gasteiger partial charge < -0.3 is 58.6 Å². The Bertz CT molecular complexity index is 1860. The van der Waals surface area contributed by atoms with Gasteiger partial charge >= 0.3 is 18.1 Å². The Morgan fingerprint density at radius 3 is 1.94 bits per heavy atom. The molecule has 0 bridgehead atoms. The number of hydrogen-bond acceptors (Lipinski definition) is 20. The van der Waals surface area contributed by atoms with Crippen LogP contribution in [0.25, 0.3) is 10.4 Å². The van der Waals surface area contributed by atoms with Gasteiger partial charge in [0, 0.05) is 78.1 Å². The Kier molecular flexibility index (Phi) is 56.2. The highest BCUT2D eigenvalue weighted by molar-refractivity contribution is 8.77. The molecule has 0 radical (unpaired) electrons. The number of unbranched alkanes of at least 4 members (excludes halogenated alkanes) is 1. The van der Waals surface area contributed by atoms with Crippen LogP contribution in [0.3, 0.4) is 0 Å². The molecule has 1 amide bonds. The molecule has 1 aromatic carbocycles. The molecule has 0 aliphatic rings. The van der Waals surface area contributed by atoms with Gasteiger partial charge in [-0.3, -0.25) is 9.59 Å². The molecule has 0 aliphatic heterocycles. The molecule has 0 saturated carbocycles. The maximum Gasteiger partial charge on any atom is 0.508 e. The molecule has 476 valence electrons. The predicted molar refractivity (Wildman–Crippen MR) is 341 cm³/mol. The van der Waals surface area contributed by atoms with Crippen LogP contribution in [0.5, 0.6) is 5.75 Å². The summed E-state index contributed by atoms with van der Waals surface area (Å²) >= 11 is 0. The van der Waals surface area contributed by atoms with Gasteiger partial charge in [0.25, 0.3) is 5.91 Å². The third kappa shape index (κ3) is 64.3. The molecule has 0 fully saturated rings. The minimum atomic E-state index is -0.889. The summed E-state index contributed by atoms with van der Waals surface area (Å²) in [5.74, 6) is 10.2.